The van der Waals surface area contributed by atoms with Crippen LogP contribution in [0.4, 0.5) is 4.39 Å². The van der Waals surface area contributed by atoms with E-state index in [2.05, 4.69) is 5.32 Å². The lowest BCUT2D eigenvalue weighted by molar-refractivity contribution is -0.138. The number of benzene rings is 2. The van der Waals surface area contributed by atoms with Gasteiger partial charge in [-0.1, -0.05) is 23.9 Å². The Morgan fingerprint density at radius 3 is 2.39 bits per heavy atom. The zero-order valence-electron chi connectivity index (χ0n) is 19.2. The topological polar surface area (TPSA) is 78.4 Å². The molecular formula is C24H27FN2O5S. The van der Waals surface area contributed by atoms with Gasteiger partial charge >= 0.3 is 5.97 Å². The maximum atomic E-state index is 13.5. The van der Waals surface area contributed by atoms with Crippen LogP contribution in [0.1, 0.15) is 31.0 Å². The molecule has 2 aromatic rings. The molecule has 0 aromatic heterocycles. The molecule has 1 N–H and O–H groups in total. The van der Waals surface area contributed by atoms with Crippen molar-refractivity contribution in [1.82, 2.24) is 5.32 Å². The quantitative estimate of drug-likeness (QED) is 0.559. The number of ether oxygens (including phenoxy) is 4. The van der Waals surface area contributed by atoms with E-state index in [1.54, 1.807) is 32.0 Å². The molecule has 1 atom stereocenters. The molecule has 7 nitrogen and oxygen atoms in total. The Kier molecular flexibility index (Phi) is 8.21. The molecule has 0 amide bonds. The highest BCUT2D eigenvalue weighted by Gasteiger charge is 2.32. The van der Waals surface area contributed by atoms with E-state index in [-0.39, 0.29) is 12.4 Å². The lowest BCUT2D eigenvalue weighted by atomic mass is 9.96. The SMILES string of the molecule is CCOC(=O)C1=C(C)NC(SCc2cccc(F)c2)=N[C@@H]1c1cc(OC)c(OC)c(OC)c1. The number of allylic oxidation sites excluding steroid dienone is 1. The number of carbonyl (C=O) groups is 1. The highest BCUT2D eigenvalue weighted by atomic mass is 32.2. The van der Waals surface area contributed by atoms with E-state index in [1.807, 2.05) is 6.07 Å². The van der Waals surface area contributed by atoms with Crippen molar-refractivity contribution in [3.8, 4) is 17.2 Å². The Bertz CT molecular complexity index is 1060. The summed E-state index contributed by atoms with van der Waals surface area (Å²) in [7, 11) is 4.58. The number of thioether (sulfide) groups is 1. The molecule has 2 aromatic carbocycles. The molecule has 0 bridgehead atoms. The number of halogens is 1. The fraction of sp³-hybridized carbons (Fsp3) is 0.333. The predicted molar refractivity (Wildman–Crippen MR) is 126 cm³/mol. The Morgan fingerprint density at radius 1 is 1.12 bits per heavy atom. The summed E-state index contributed by atoms with van der Waals surface area (Å²) in [5, 5.41) is 3.78. The molecule has 0 saturated carbocycles. The molecule has 0 unspecified atom stereocenters. The lowest BCUT2D eigenvalue weighted by Gasteiger charge is -2.26. The van der Waals surface area contributed by atoms with Gasteiger partial charge in [0.05, 0.1) is 33.5 Å². The molecule has 0 radical (unpaired) electrons. The molecule has 0 fully saturated rings. The Hall–Kier alpha value is -3.20. The second-order valence-corrected chi connectivity index (χ2v) is 8.06. The smallest absolute Gasteiger partial charge is 0.338 e. The van der Waals surface area contributed by atoms with E-state index in [0.29, 0.717) is 45.0 Å². The van der Waals surface area contributed by atoms with Crippen molar-refractivity contribution in [3.63, 3.8) is 0 Å². The van der Waals surface area contributed by atoms with Crippen molar-refractivity contribution >= 4 is 22.9 Å². The highest BCUT2D eigenvalue weighted by Crippen LogP contribution is 2.43. The molecule has 0 aliphatic carbocycles. The van der Waals surface area contributed by atoms with E-state index in [0.717, 1.165) is 5.56 Å². The number of rotatable bonds is 8. The average molecular weight is 475 g/mol. The predicted octanol–water partition coefficient (Wildman–Crippen LogP) is 4.62. The summed E-state index contributed by atoms with van der Waals surface area (Å²) in [5.74, 6) is 1.11. The van der Waals surface area contributed by atoms with E-state index in [9.17, 15) is 9.18 Å². The minimum atomic E-state index is -0.658. The maximum absolute atomic E-state index is 13.5. The number of nitrogens with zero attached hydrogens (tertiary/aromatic N) is 1. The second kappa shape index (κ2) is 11.1. The minimum Gasteiger partial charge on any atom is -0.493 e. The molecular weight excluding hydrogens is 447 g/mol. The normalized spacial score (nSPS) is 15.5. The third-order valence-corrected chi connectivity index (χ3v) is 5.94. The van der Waals surface area contributed by atoms with Crippen LogP contribution in [0.3, 0.4) is 0 Å². The van der Waals surface area contributed by atoms with Crippen LogP contribution in [0.25, 0.3) is 0 Å². The third kappa shape index (κ3) is 5.60. The zero-order chi connectivity index (χ0) is 24.0. The largest absolute Gasteiger partial charge is 0.493 e. The van der Waals surface area contributed by atoms with Crippen LogP contribution in [-0.2, 0) is 15.3 Å². The van der Waals surface area contributed by atoms with Crippen molar-refractivity contribution in [2.45, 2.75) is 25.6 Å². The summed E-state index contributed by atoms with van der Waals surface area (Å²) < 4.78 is 35.2. The Morgan fingerprint density at radius 2 is 1.82 bits per heavy atom. The zero-order valence-corrected chi connectivity index (χ0v) is 20.0. The second-order valence-electron chi connectivity index (χ2n) is 7.10. The molecule has 0 saturated heterocycles. The van der Waals surface area contributed by atoms with Gasteiger partial charge in [-0.15, -0.1) is 0 Å². The van der Waals surface area contributed by atoms with Crippen molar-refractivity contribution < 1.29 is 28.1 Å². The number of nitrogens with one attached hydrogen (secondary N) is 1. The standard InChI is InChI=1S/C24H27FN2O5S/c1-6-32-23(28)20-14(2)26-24(33-13-15-8-7-9-17(25)10-15)27-21(20)16-11-18(29-3)22(31-5)19(12-16)30-4/h7-12,21H,6,13H2,1-5H3,(H,26,27)/t21-/m1/s1. The Labute approximate surface area is 197 Å². The van der Waals surface area contributed by atoms with Gasteiger partial charge in [0.2, 0.25) is 5.75 Å². The number of carbonyl (C=O) groups excluding carboxylic acids is 1. The van der Waals surface area contributed by atoms with Crippen molar-refractivity contribution in [2.24, 2.45) is 4.99 Å². The number of methoxy groups -OCH3 is 3. The van der Waals surface area contributed by atoms with Gasteiger partial charge in [-0.2, -0.15) is 0 Å². The van der Waals surface area contributed by atoms with Crippen molar-refractivity contribution in [2.75, 3.05) is 27.9 Å². The first-order chi connectivity index (χ1) is 15.9. The van der Waals surface area contributed by atoms with Gasteiger partial charge in [0.25, 0.3) is 0 Å². The third-order valence-electron chi connectivity index (χ3n) is 4.98. The summed E-state index contributed by atoms with van der Waals surface area (Å²) in [4.78, 5) is 17.6. The lowest BCUT2D eigenvalue weighted by Crippen LogP contribution is -2.30. The van der Waals surface area contributed by atoms with E-state index >= 15 is 0 Å². The summed E-state index contributed by atoms with van der Waals surface area (Å²) in [6.07, 6.45) is 0. The van der Waals surface area contributed by atoms with Crippen LogP contribution < -0.4 is 19.5 Å². The van der Waals surface area contributed by atoms with Crippen LogP contribution in [0.15, 0.2) is 52.7 Å². The number of amidine groups is 1. The highest BCUT2D eigenvalue weighted by molar-refractivity contribution is 8.13. The van der Waals surface area contributed by atoms with Gasteiger partial charge in [-0.3, -0.25) is 0 Å². The summed E-state index contributed by atoms with van der Waals surface area (Å²) >= 11 is 1.41. The van der Waals surface area contributed by atoms with Gasteiger partial charge in [0, 0.05) is 11.4 Å². The fourth-order valence-corrected chi connectivity index (χ4v) is 4.36. The van der Waals surface area contributed by atoms with Gasteiger partial charge in [0.15, 0.2) is 16.7 Å². The first kappa shape index (κ1) is 24.4. The molecule has 176 valence electrons. The minimum absolute atomic E-state index is 0.239. The van der Waals surface area contributed by atoms with Crippen LogP contribution in [0.5, 0.6) is 17.2 Å². The van der Waals surface area contributed by atoms with Gasteiger partial charge < -0.3 is 24.3 Å². The van der Waals surface area contributed by atoms with E-state index in [1.165, 1.54) is 45.2 Å². The van der Waals surface area contributed by atoms with Gasteiger partial charge in [-0.25, -0.2) is 14.2 Å². The summed E-state index contributed by atoms with van der Waals surface area (Å²) in [5.41, 5.74) is 2.52. The molecule has 1 heterocycles. The maximum Gasteiger partial charge on any atom is 0.338 e. The molecule has 1 aliphatic heterocycles. The number of aliphatic imine (C=N–C) groups is 1. The van der Waals surface area contributed by atoms with Crippen molar-refractivity contribution in [1.29, 1.82) is 0 Å². The average Bonchev–Trinajstić information content (AvgIpc) is 2.81. The first-order valence-corrected chi connectivity index (χ1v) is 11.3. The number of esters is 1. The molecule has 9 heteroatoms. The summed E-state index contributed by atoms with van der Waals surface area (Å²) in [6, 6.07) is 9.29. The number of hydrogen-bond acceptors (Lipinski definition) is 8. The van der Waals surface area contributed by atoms with E-state index < -0.39 is 12.0 Å². The van der Waals surface area contributed by atoms with Crippen LogP contribution >= 0.6 is 11.8 Å². The van der Waals surface area contributed by atoms with Crippen LogP contribution in [0.2, 0.25) is 0 Å². The van der Waals surface area contributed by atoms with Gasteiger partial charge in [0.1, 0.15) is 11.9 Å². The van der Waals surface area contributed by atoms with Crippen LogP contribution in [0, 0.1) is 5.82 Å². The molecule has 1 aliphatic rings. The summed E-state index contributed by atoms with van der Waals surface area (Å²) in [6.45, 7) is 3.79. The van der Waals surface area contributed by atoms with Crippen molar-refractivity contribution in [3.05, 3.63) is 64.6 Å². The van der Waals surface area contributed by atoms with Crippen LogP contribution in [-0.4, -0.2) is 39.1 Å². The van der Waals surface area contributed by atoms with Gasteiger partial charge in [-0.05, 0) is 49.2 Å². The molecule has 3 rings (SSSR count). The molecule has 0 spiro atoms. The first-order valence-electron chi connectivity index (χ1n) is 10.3. The van der Waals surface area contributed by atoms with E-state index in [4.69, 9.17) is 23.9 Å². The Balaban J connectivity index is 2.02. The monoisotopic (exact) mass is 474 g/mol. The fourth-order valence-electron chi connectivity index (χ4n) is 3.47. The number of hydrogen-bond donors (Lipinski definition) is 1. The molecule has 33 heavy (non-hydrogen) atoms.